The van der Waals surface area contributed by atoms with Gasteiger partial charge < -0.3 is 28.4 Å². The summed E-state index contributed by atoms with van der Waals surface area (Å²) in [5.41, 5.74) is 6.04. The second-order valence-corrected chi connectivity index (χ2v) is 19.8. The van der Waals surface area contributed by atoms with E-state index in [-0.39, 0.29) is 59.7 Å². The summed E-state index contributed by atoms with van der Waals surface area (Å²) in [6.45, 7) is 15.5. The van der Waals surface area contributed by atoms with Crippen LogP contribution in [0.1, 0.15) is 87.2 Å². The molecule has 6 aromatic rings. The van der Waals surface area contributed by atoms with E-state index < -0.39 is 24.4 Å². The van der Waals surface area contributed by atoms with Gasteiger partial charge in [-0.3, -0.25) is 39.6 Å². The number of hydrogen-bond acceptors (Lipinski definition) is 10. The van der Waals surface area contributed by atoms with Crippen molar-refractivity contribution in [1.82, 2.24) is 38.7 Å². The quantitative estimate of drug-likeness (QED) is 0.142. The van der Waals surface area contributed by atoms with E-state index >= 15 is 8.78 Å². The molecule has 2 fully saturated rings. The molecule has 388 valence electrons. The summed E-state index contributed by atoms with van der Waals surface area (Å²) in [6, 6.07) is 21.3. The molecule has 4 amide bonds. The van der Waals surface area contributed by atoms with Gasteiger partial charge in [-0.2, -0.15) is 8.78 Å². The third kappa shape index (κ3) is 10.9. The van der Waals surface area contributed by atoms with Gasteiger partial charge in [0.2, 0.25) is 23.7 Å². The molecule has 2 atom stereocenters. The van der Waals surface area contributed by atoms with Crippen LogP contribution in [-0.2, 0) is 22.1 Å². The van der Waals surface area contributed by atoms with E-state index in [4.69, 9.17) is 14.5 Å². The molecule has 4 aromatic carbocycles. The van der Waals surface area contributed by atoms with Gasteiger partial charge in [-0.05, 0) is 121 Å². The zero-order valence-corrected chi connectivity index (χ0v) is 42.5. The normalized spacial score (nSPS) is 19.2. The molecule has 0 bridgehead atoms. The number of fused-ring (bicyclic) bond motifs is 6. The van der Waals surface area contributed by atoms with Gasteiger partial charge in [-0.1, -0.05) is 48.6 Å². The summed E-state index contributed by atoms with van der Waals surface area (Å²) in [5, 5.41) is 5.95. The first-order valence-corrected chi connectivity index (χ1v) is 25.3. The van der Waals surface area contributed by atoms with Crippen LogP contribution in [0.15, 0.2) is 98.1 Å². The van der Waals surface area contributed by atoms with E-state index in [0.717, 1.165) is 65.7 Å². The van der Waals surface area contributed by atoms with Crippen LogP contribution in [0.3, 0.4) is 0 Å². The summed E-state index contributed by atoms with van der Waals surface area (Å²) in [5.74, 6) is -2.55. The number of halogens is 2. The lowest BCUT2D eigenvalue weighted by Crippen LogP contribution is -2.40. The fourth-order valence-electron chi connectivity index (χ4n) is 10.6. The van der Waals surface area contributed by atoms with E-state index in [1.165, 1.54) is 18.2 Å². The van der Waals surface area contributed by atoms with E-state index in [9.17, 15) is 19.2 Å². The number of benzene rings is 4. The third-order valence-electron chi connectivity index (χ3n) is 14.2. The SMILES string of the molecule is C=CC(=O)N1CCCC[C@@H](n2c(NC(=O)c3cccc(C)c3)nc3ccc4c(c32)C(F)(F)CN(C)CCO4)C1.C=CC(=O)N1CCC[C@@H](n2c(NC(=O)c3cccc(C)c3)nc3ccc4c(c32)CN(C)CCO4)C1. The Bertz CT molecular complexity index is 3130. The highest BCUT2D eigenvalue weighted by Crippen LogP contribution is 2.45. The number of alkyl halides is 2. The minimum atomic E-state index is -3.25. The molecule has 4 aliphatic heterocycles. The van der Waals surface area contributed by atoms with Gasteiger partial charge >= 0.3 is 0 Å². The number of carbonyl (C=O) groups excluding carboxylic acids is 4. The van der Waals surface area contributed by atoms with Crippen LogP contribution in [0, 0.1) is 13.8 Å². The van der Waals surface area contributed by atoms with Crippen molar-refractivity contribution in [3.05, 3.63) is 131 Å². The lowest BCUT2D eigenvalue weighted by atomic mass is 10.0. The lowest BCUT2D eigenvalue weighted by Gasteiger charge is -2.34. The van der Waals surface area contributed by atoms with Crippen molar-refractivity contribution in [2.45, 2.75) is 70.5 Å². The monoisotopic (exact) mass is 1010 g/mol. The van der Waals surface area contributed by atoms with Crippen LogP contribution in [0.25, 0.3) is 22.1 Å². The second-order valence-electron chi connectivity index (χ2n) is 19.8. The first-order valence-electron chi connectivity index (χ1n) is 25.3. The molecule has 0 aliphatic carbocycles. The summed E-state index contributed by atoms with van der Waals surface area (Å²) in [4.78, 5) is 68.3. The van der Waals surface area contributed by atoms with Gasteiger partial charge in [-0.15, -0.1) is 0 Å². The highest BCUT2D eigenvalue weighted by atomic mass is 19.3. The number of hydrogen-bond donors (Lipinski definition) is 2. The molecule has 74 heavy (non-hydrogen) atoms. The van der Waals surface area contributed by atoms with Crippen LogP contribution >= 0.6 is 0 Å². The fraction of sp³-hybridized carbons (Fsp3) is 0.393. The van der Waals surface area contributed by atoms with Crippen molar-refractivity contribution in [2.75, 3.05) is 83.8 Å². The molecule has 0 spiro atoms. The van der Waals surface area contributed by atoms with Crippen molar-refractivity contribution in [2.24, 2.45) is 0 Å². The van der Waals surface area contributed by atoms with Gasteiger partial charge in [-0.25, -0.2) is 9.97 Å². The number of imidazole rings is 2. The van der Waals surface area contributed by atoms with Gasteiger partial charge in [0.1, 0.15) is 24.7 Å². The van der Waals surface area contributed by atoms with E-state index in [1.807, 2.05) is 55.1 Å². The molecule has 2 aromatic heterocycles. The van der Waals surface area contributed by atoms with E-state index in [2.05, 4.69) is 45.3 Å². The Kier molecular flexibility index (Phi) is 15.3. The standard InChI is InChI=1S/C29H33F2N5O3.C27H31N5O3/c1-4-24(37)35-13-6-5-10-21(17-35)36-26-22(32-28(36)33-27(38)20-9-7-8-19(2)16-20)11-12-23-25(26)29(30,31)18-34(3)14-15-39-23;1-4-24(33)31-12-6-9-20(16-31)32-25-21-17-30(3)13-14-35-23(21)11-10-22(25)28-27(32)29-26(34)19-8-5-7-18(2)15-19/h4,7-9,11-12,16,21H,1,5-6,10,13-15,17-18H2,2-3H3,(H,32,33,38);4-5,7-8,10-11,15,20H,1,6,9,12-14,16-17H2,2-3H3,(H,28,29,34)/t21-;20-/m11/s1. The molecular formula is C56H64F2N10O6. The molecule has 16 nitrogen and oxygen atoms in total. The van der Waals surface area contributed by atoms with Crippen LogP contribution in [0.5, 0.6) is 11.5 Å². The average Bonchev–Trinajstić information content (AvgIpc) is 3.73. The minimum absolute atomic E-state index is 0.0366. The van der Waals surface area contributed by atoms with Crippen LogP contribution in [0.4, 0.5) is 20.7 Å². The van der Waals surface area contributed by atoms with Gasteiger partial charge in [0.15, 0.2) is 0 Å². The summed E-state index contributed by atoms with van der Waals surface area (Å²) < 4.78 is 47.6. The summed E-state index contributed by atoms with van der Waals surface area (Å²) in [7, 11) is 3.71. The Balaban J connectivity index is 0.000000183. The average molecular weight is 1010 g/mol. The predicted molar refractivity (Wildman–Crippen MR) is 281 cm³/mol. The molecule has 0 radical (unpaired) electrons. The predicted octanol–water partition coefficient (Wildman–Crippen LogP) is 8.52. The number of amides is 4. The number of aryl methyl sites for hydroxylation is 2. The number of nitrogens with one attached hydrogen (secondary N) is 2. The Hall–Kier alpha value is -7.44. The number of nitrogens with zero attached hydrogens (tertiary/aromatic N) is 8. The maximum atomic E-state index is 16.0. The molecule has 18 heteroatoms. The van der Waals surface area contributed by atoms with Crippen molar-refractivity contribution >= 4 is 57.6 Å². The molecule has 6 heterocycles. The maximum Gasteiger partial charge on any atom is 0.291 e. The Labute approximate surface area is 429 Å². The number of carbonyl (C=O) groups is 4. The Morgan fingerprint density at radius 3 is 1.76 bits per heavy atom. The highest BCUT2D eigenvalue weighted by molar-refractivity contribution is 6.05. The number of rotatable bonds is 8. The summed E-state index contributed by atoms with van der Waals surface area (Å²) in [6.07, 6.45) is 6.54. The topological polar surface area (TPSA) is 159 Å². The number of anilines is 2. The van der Waals surface area contributed by atoms with Crippen molar-refractivity contribution in [3.63, 3.8) is 0 Å². The maximum absolute atomic E-state index is 16.0. The molecule has 2 saturated heterocycles. The Morgan fingerprint density at radius 1 is 0.662 bits per heavy atom. The second kappa shape index (κ2) is 22.0. The van der Waals surface area contributed by atoms with Gasteiger partial charge in [0.25, 0.3) is 17.7 Å². The van der Waals surface area contributed by atoms with Crippen molar-refractivity contribution in [3.8, 4) is 11.5 Å². The zero-order valence-electron chi connectivity index (χ0n) is 42.5. The molecule has 0 saturated carbocycles. The van der Waals surface area contributed by atoms with Gasteiger partial charge in [0.05, 0.1) is 46.3 Å². The molecule has 10 rings (SSSR count). The van der Waals surface area contributed by atoms with Crippen LogP contribution in [-0.4, -0.2) is 135 Å². The zero-order chi connectivity index (χ0) is 52.3. The smallest absolute Gasteiger partial charge is 0.291 e. The Morgan fingerprint density at radius 2 is 1.18 bits per heavy atom. The van der Waals surface area contributed by atoms with E-state index in [0.29, 0.717) is 68.3 Å². The fourth-order valence-corrected chi connectivity index (χ4v) is 10.6. The molecule has 4 aliphatic rings. The molecule has 0 unspecified atom stereocenters. The summed E-state index contributed by atoms with van der Waals surface area (Å²) >= 11 is 0. The van der Waals surface area contributed by atoms with Crippen LogP contribution < -0.4 is 20.1 Å². The lowest BCUT2D eigenvalue weighted by molar-refractivity contribution is -0.127. The first kappa shape index (κ1) is 51.5. The largest absolute Gasteiger partial charge is 0.492 e. The number of ether oxygens (including phenoxy) is 2. The highest BCUT2D eigenvalue weighted by Gasteiger charge is 2.42. The number of piperidine rings is 1. The van der Waals surface area contributed by atoms with Crippen molar-refractivity contribution < 1.29 is 37.4 Å². The number of aromatic nitrogens is 4. The van der Waals surface area contributed by atoms with Crippen molar-refractivity contribution in [1.29, 1.82) is 0 Å². The molecule has 2 N–H and O–H groups in total. The third-order valence-corrected chi connectivity index (χ3v) is 14.2. The number of likely N-dealkylation sites (tertiary alicyclic amines) is 2. The minimum Gasteiger partial charge on any atom is -0.492 e. The number of likely N-dealkylation sites (N-methyl/N-ethyl adjacent to an activating group) is 2. The first-order chi connectivity index (χ1) is 35.6. The van der Waals surface area contributed by atoms with Crippen LogP contribution in [0.2, 0.25) is 0 Å². The van der Waals surface area contributed by atoms with E-state index in [1.54, 1.807) is 51.7 Å². The van der Waals surface area contributed by atoms with Gasteiger partial charge in [0, 0.05) is 62.5 Å². The molecular weight excluding hydrogens is 947 g/mol.